The molecule has 5 heteroatoms. The van der Waals surface area contributed by atoms with Gasteiger partial charge in [0.25, 0.3) is 5.91 Å². The molecule has 0 saturated heterocycles. The van der Waals surface area contributed by atoms with E-state index in [0.717, 1.165) is 11.4 Å². The highest BCUT2D eigenvalue weighted by Crippen LogP contribution is 2.56. The Balaban J connectivity index is 1.73. The lowest BCUT2D eigenvalue weighted by atomic mass is 10.1. The van der Waals surface area contributed by atoms with Crippen molar-refractivity contribution in [3.8, 4) is 0 Å². The Kier molecular flexibility index (Phi) is 6.09. The first-order valence-electron chi connectivity index (χ1n) is 9.35. The Hall–Kier alpha value is -3.05. The SMILES string of the molecule is CNc1ccc(S(C)(C)c2ccc(NC(=O)c3ccc(C(C)=O)cc3)cc2)cc1. The second kappa shape index (κ2) is 8.53. The van der Waals surface area contributed by atoms with Crippen molar-refractivity contribution in [2.24, 2.45) is 0 Å². The molecule has 29 heavy (non-hydrogen) atoms. The molecule has 3 rings (SSSR count). The third-order valence-electron chi connectivity index (χ3n) is 4.99. The molecule has 0 spiro atoms. The number of nitrogens with one attached hydrogen (secondary N) is 2. The van der Waals surface area contributed by atoms with Crippen molar-refractivity contribution in [3.63, 3.8) is 0 Å². The number of Topliss-reactive ketones (excluding diaryl/α,β-unsaturated/α-hetero) is 1. The minimum Gasteiger partial charge on any atom is -0.388 e. The number of benzene rings is 3. The van der Waals surface area contributed by atoms with Crippen LogP contribution < -0.4 is 10.6 Å². The summed E-state index contributed by atoms with van der Waals surface area (Å²) in [6.07, 6.45) is 4.54. The monoisotopic (exact) mass is 406 g/mol. The summed E-state index contributed by atoms with van der Waals surface area (Å²) in [4.78, 5) is 26.4. The number of amides is 1. The van der Waals surface area contributed by atoms with Gasteiger partial charge < -0.3 is 10.6 Å². The molecule has 4 nitrogen and oxygen atoms in total. The van der Waals surface area contributed by atoms with Crippen molar-refractivity contribution in [3.05, 3.63) is 83.9 Å². The molecule has 150 valence electrons. The van der Waals surface area contributed by atoms with E-state index in [1.165, 1.54) is 16.7 Å². The number of carbonyl (C=O) groups is 2. The van der Waals surface area contributed by atoms with Crippen LogP contribution in [-0.4, -0.2) is 31.2 Å². The van der Waals surface area contributed by atoms with Crippen LogP contribution in [0, 0.1) is 0 Å². The van der Waals surface area contributed by atoms with Crippen LogP contribution in [0.15, 0.2) is 82.6 Å². The summed E-state index contributed by atoms with van der Waals surface area (Å²) < 4.78 is 0. The smallest absolute Gasteiger partial charge is 0.255 e. The molecule has 0 unspecified atom stereocenters. The van der Waals surface area contributed by atoms with E-state index in [1.807, 2.05) is 19.2 Å². The molecule has 3 aromatic carbocycles. The molecule has 0 saturated carbocycles. The van der Waals surface area contributed by atoms with Gasteiger partial charge in [-0.25, -0.2) is 0 Å². The second-order valence-corrected chi connectivity index (χ2v) is 10.8. The average molecular weight is 407 g/mol. The number of hydrogen-bond donors (Lipinski definition) is 2. The van der Waals surface area contributed by atoms with Crippen molar-refractivity contribution < 1.29 is 9.59 Å². The van der Waals surface area contributed by atoms with Gasteiger partial charge in [0.2, 0.25) is 0 Å². The highest BCUT2D eigenvalue weighted by atomic mass is 32.3. The Labute approximate surface area is 173 Å². The second-order valence-electron chi connectivity index (χ2n) is 7.21. The molecule has 0 atom stereocenters. The molecule has 0 radical (unpaired) electrons. The first-order chi connectivity index (χ1) is 13.8. The molecule has 0 bridgehead atoms. The zero-order valence-corrected chi connectivity index (χ0v) is 18.0. The molecule has 0 aliphatic carbocycles. The largest absolute Gasteiger partial charge is 0.388 e. The zero-order chi connectivity index (χ0) is 21.0. The van der Waals surface area contributed by atoms with E-state index in [-0.39, 0.29) is 11.7 Å². The van der Waals surface area contributed by atoms with Gasteiger partial charge in [-0.15, -0.1) is 0 Å². The number of rotatable bonds is 6. The molecular weight excluding hydrogens is 380 g/mol. The van der Waals surface area contributed by atoms with E-state index >= 15 is 0 Å². The zero-order valence-electron chi connectivity index (χ0n) is 17.2. The number of ketones is 1. The minimum absolute atomic E-state index is 0.0155. The molecule has 0 aliphatic rings. The normalized spacial score (nSPS) is 11.6. The maximum absolute atomic E-state index is 12.5. The molecule has 2 N–H and O–H groups in total. The van der Waals surface area contributed by atoms with E-state index in [0.29, 0.717) is 11.1 Å². The van der Waals surface area contributed by atoms with E-state index in [9.17, 15) is 9.59 Å². The topological polar surface area (TPSA) is 58.2 Å². The van der Waals surface area contributed by atoms with Crippen LogP contribution in [0.1, 0.15) is 27.6 Å². The van der Waals surface area contributed by atoms with Crippen LogP contribution >= 0.6 is 10.0 Å². The van der Waals surface area contributed by atoms with Gasteiger partial charge >= 0.3 is 0 Å². The van der Waals surface area contributed by atoms with Crippen LogP contribution in [0.2, 0.25) is 0 Å². The number of carbonyl (C=O) groups excluding carboxylic acids is 2. The highest BCUT2D eigenvalue weighted by molar-refractivity contribution is 8.32. The Morgan fingerprint density at radius 1 is 0.690 bits per heavy atom. The van der Waals surface area contributed by atoms with Gasteiger partial charge in [0, 0.05) is 29.5 Å². The fourth-order valence-corrected chi connectivity index (χ4v) is 4.94. The molecule has 0 aromatic heterocycles. The van der Waals surface area contributed by atoms with Crippen LogP contribution in [-0.2, 0) is 0 Å². The maximum Gasteiger partial charge on any atom is 0.255 e. The summed E-state index contributed by atoms with van der Waals surface area (Å²) in [6.45, 7) is 1.51. The minimum atomic E-state index is -1.15. The molecule has 1 amide bonds. The van der Waals surface area contributed by atoms with Crippen LogP contribution in [0.4, 0.5) is 11.4 Å². The van der Waals surface area contributed by atoms with E-state index in [1.54, 1.807) is 24.3 Å². The third-order valence-corrected chi connectivity index (χ3v) is 7.89. The molecule has 0 fully saturated rings. The molecule has 0 heterocycles. The number of anilines is 2. The van der Waals surface area contributed by atoms with Gasteiger partial charge in [-0.2, -0.15) is 10.0 Å². The molecular formula is C24H26N2O2S. The first-order valence-corrected chi connectivity index (χ1v) is 11.8. The van der Waals surface area contributed by atoms with Crippen molar-refractivity contribution in [1.29, 1.82) is 0 Å². The van der Waals surface area contributed by atoms with Gasteiger partial charge in [-0.3, -0.25) is 9.59 Å². The van der Waals surface area contributed by atoms with Crippen molar-refractivity contribution in [2.45, 2.75) is 16.7 Å². The molecule has 0 aliphatic heterocycles. The maximum atomic E-state index is 12.5. The van der Waals surface area contributed by atoms with Crippen LogP contribution in [0.3, 0.4) is 0 Å². The van der Waals surface area contributed by atoms with Gasteiger partial charge in [0.1, 0.15) is 0 Å². The fraction of sp³-hybridized carbons (Fsp3) is 0.167. The lowest BCUT2D eigenvalue weighted by Gasteiger charge is -2.32. The Morgan fingerprint density at radius 2 is 1.14 bits per heavy atom. The summed E-state index contributed by atoms with van der Waals surface area (Å²) >= 11 is 0. The predicted octanol–water partition coefficient (Wildman–Crippen LogP) is 5.67. The summed E-state index contributed by atoms with van der Waals surface area (Å²) in [7, 11) is 0.768. The van der Waals surface area contributed by atoms with Gasteiger partial charge in [-0.1, -0.05) is 12.1 Å². The van der Waals surface area contributed by atoms with Gasteiger partial charge in [0.15, 0.2) is 5.78 Å². The Bertz CT molecular complexity index is 1010. The summed E-state index contributed by atoms with van der Waals surface area (Å²) in [5.74, 6) is -0.208. The summed E-state index contributed by atoms with van der Waals surface area (Å²) in [5.41, 5.74) is 2.96. The van der Waals surface area contributed by atoms with Crippen LogP contribution in [0.25, 0.3) is 0 Å². The lowest BCUT2D eigenvalue weighted by molar-refractivity contribution is 0.101. The third kappa shape index (κ3) is 4.69. The lowest BCUT2D eigenvalue weighted by Crippen LogP contribution is -2.12. The van der Waals surface area contributed by atoms with Gasteiger partial charge in [-0.05, 0) is 89.9 Å². The van der Waals surface area contributed by atoms with E-state index < -0.39 is 10.0 Å². The average Bonchev–Trinajstić information content (AvgIpc) is 2.74. The quantitative estimate of drug-likeness (QED) is 0.519. The summed E-state index contributed by atoms with van der Waals surface area (Å²) in [6, 6.07) is 23.2. The Morgan fingerprint density at radius 3 is 1.59 bits per heavy atom. The van der Waals surface area contributed by atoms with Gasteiger partial charge in [0.05, 0.1) is 0 Å². The predicted molar refractivity (Wildman–Crippen MR) is 123 cm³/mol. The van der Waals surface area contributed by atoms with Crippen molar-refractivity contribution in [1.82, 2.24) is 0 Å². The highest BCUT2D eigenvalue weighted by Gasteiger charge is 2.17. The molecule has 3 aromatic rings. The first kappa shape index (κ1) is 20.7. The summed E-state index contributed by atoms with van der Waals surface area (Å²) in [5, 5.41) is 6.06. The van der Waals surface area contributed by atoms with E-state index in [4.69, 9.17) is 0 Å². The van der Waals surface area contributed by atoms with Crippen LogP contribution in [0.5, 0.6) is 0 Å². The van der Waals surface area contributed by atoms with E-state index in [2.05, 4.69) is 59.5 Å². The van der Waals surface area contributed by atoms with Crippen molar-refractivity contribution >= 4 is 33.1 Å². The number of hydrogen-bond acceptors (Lipinski definition) is 3. The standard InChI is InChI=1S/C24H26N2O2S/c1-17(27)18-5-7-19(8-6-18)24(28)26-21-11-15-23(16-12-21)29(3,4)22-13-9-20(25-2)10-14-22/h5-16,25H,1-4H3,(H,26,28). The fourth-order valence-electron chi connectivity index (χ4n) is 3.04. The van der Waals surface area contributed by atoms with Crippen molar-refractivity contribution in [2.75, 3.05) is 30.2 Å².